The number of carbonyl (C=O) groups is 2. The van der Waals surface area contributed by atoms with E-state index in [-0.39, 0.29) is 24.5 Å². The number of phenols is 1. The summed E-state index contributed by atoms with van der Waals surface area (Å²) in [6.07, 6.45) is 1.28. The molecule has 0 atom stereocenters. The lowest BCUT2D eigenvalue weighted by Gasteiger charge is -2.08. The van der Waals surface area contributed by atoms with E-state index in [0.29, 0.717) is 22.0 Å². The zero-order valence-electron chi connectivity index (χ0n) is 15.0. The smallest absolute Gasteiger partial charge is 0.240 e. The first-order valence-electron chi connectivity index (χ1n) is 8.14. The number of nitrogens with one attached hydrogen (secondary N) is 2. The lowest BCUT2D eigenvalue weighted by atomic mass is 10.2. The molecule has 2 aromatic rings. The fourth-order valence-electron chi connectivity index (χ4n) is 2.20. The summed E-state index contributed by atoms with van der Waals surface area (Å²) in [6, 6.07) is 9.77. The first kappa shape index (κ1) is 20.3. The molecule has 2 amide bonds. The molecule has 2 aromatic carbocycles. The van der Waals surface area contributed by atoms with E-state index in [4.69, 9.17) is 16.3 Å². The predicted molar refractivity (Wildman–Crippen MR) is 104 cm³/mol. The molecule has 7 nitrogen and oxygen atoms in total. The van der Waals surface area contributed by atoms with Gasteiger partial charge >= 0.3 is 0 Å². The molecular formula is C19H20ClN3O4. The number of hydrogen-bond acceptors (Lipinski definition) is 5. The second-order valence-corrected chi connectivity index (χ2v) is 6.16. The van der Waals surface area contributed by atoms with Gasteiger partial charge in [-0.2, -0.15) is 5.10 Å². The van der Waals surface area contributed by atoms with Crippen molar-refractivity contribution in [2.45, 2.75) is 19.8 Å². The third kappa shape index (κ3) is 6.31. The summed E-state index contributed by atoms with van der Waals surface area (Å²) in [6.45, 7) is 1.83. The van der Waals surface area contributed by atoms with Crippen molar-refractivity contribution in [3.8, 4) is 11.5 Å². The number of ether oxygens (including phenoxy) is 1. The minimum atomic E-state index is -0.420. The molecule has 0 fully saturated rings. The van der Waals surface area contributed by atoms with E-state index in [0.717, 1.165) is 5.56 Å². The molecule has 142 valence electrons. The van der Waals surface area contributed by atoms with Crippen LogP contribution in [0.25, 0.3) is 0 Å². The number of amides is 2. The van der Waals surface area contributed by atoms with Crippen LogP contribution in [0.2, 0.25) is 5.02 Å². The lowest BCUT2D eigenvalue weighted by Crippen LogP contribution is -2.20. The van der Waals surface area contributed by atoms with Crippen LogP contribution in [-0.4, -0.2) is 30.2 Å². The quantitative estimate of drug-likeness (QED) is 0.500. The molecule has 0 unspecified atom stereocenters. The van der Waals surface area contributed by atoms with Crippen LogP contribution in [0.1, 0.15) is 24.0 Å². The van der Waals surface area contributed by atoms with E-state index in [1.54, 1.807) is 30.3 Å². The van der Waals surface area contributed by atoms with Gasteiger partial charge in [-0.25, -0.2) is 5.43 Å². The van der Waals surface area contributed by atoms with Crippen molar-refractivity contribution in [2.24, 2.45) is 5.10 Å². The number of aryl methyl sites for hydroxylation is 1. The first-order chi connectivity index (χ1) is 12.9. The standard InChI is InChI=1S/C19H20ClN3O4/c1-12-9-14(20)3-5-16(12)22-18(25)7-8-19(26)23-21-11-13-10-15(27-2)4-6-17(13)24/h3-6,9-11,24H,7-8H2,1-2H3,(H,22,25)(H,23,26)/b21-11-. The predicted octanol–water partition coefficient (Wildman–Crippen LogP) is 3.23. The maximum Gasteiger partial charge on any atom is 0.240 e. The van der Waals surface area contributed by atoms with Crippen LogP contribution in [0.3, 0.4) is 0 Å². The molecule has 0 aromatic heterocycles. The van der Waals surface area contributed by atoms with E-state index in [2.05, 4.69) is 15.8 Å². The van der Waals surface area contributed by atoms with Gasteiger partial charge in [0.05, 0.1) is 13.3 Å². The Labute approximate surface area is 162 Å². The van der Waals surface area contributed by atoms with Crippen molar-refractivity contribution in [1.29, 1.82) is 0 Å². The van der Waals surface area contributed by atoms with Crippen LogP contribution in [0.5, 0.6) is 11.5 Å². The molecule has 8 heteroatoms. The average molecular weight is 390 g/mol. The van der Waals surface area contributed by atoms with Crippen molar-refractivity contribution in [3.05, 3.63) is 52.5 Å². The number of nitrogens with zero attached hydrogens (tertiary/aromatic N) is 1. The second kappa shape index (κ2) is 9.59. The Morgan fingerprint density at radius 2 is 1.93 bits per heavy atom. The molecule has 0 bridgehead atoms. The SMILES string of the molecule is COc1ccc(O)c(/C=N\NC(=O)CCC(=O)Nc2ccc(Cl)cc2C)c1. The van der Waals surface area contributed by atoms with Crippen LogP contribution in [0.4, 0.5) is 5.69 Å². The highest BCUT2D eigenvalue weighted by Crippen LogP contribution is 2.21. The Morgan fingerprint density at radius 3 is 2.63 bits per heavy atom. The Kier molecular flexibility index (Phi) is 7.19. The highest BCUT2D eigenvalue weighted by atomic mass is 35.5. The highest BCUT2D eigenvalue weighted by Gasteiger charge is 2.08. The van der Waals surface area contributed by atoms with Crippen LogP contribution in [0.15, 0.2) is 41.5 Å². The van der Waals surface area contributed by atoms with Crippen LogP contribution in [-0.2, 0) is 9.59 Å². The molecule has 0 aliphatic carbocycles. The summed E-state index contributed by atoms with van der Waals surface area (Å²) in [5.74, 6) is -0.150. The van der Waals surface area contributed by atoms with Crippen molar-refractivity contribution in [1.82, 2.24) is 5.43 Å². The molecular weight excluding hydrogens is 370 g/mol. The lowest BCUT2D eigenvalue weighted by molar-refractivity contribution is -0.124. The summed E-state index contributed by atoms with van der Waals surface area (Å²) in [4.78, 5) is 23.8. The molecule has 27 heavy (non-hydrogen) atoms. The van der Waals surface area contributed by atoms with Gasteiger partial charge in [-0.1, -0.05) is 11.6 Å². The summed E-state index contributed by atoms with van der Waals surface area (Å²) in [5, 5.41) is 16.8. The summed E-state index contributed by atoms with van der Waals surface area (Å²) >= 11 is 5.87. The number of phenolic OH excluding ortho intramolecular Hbond substituents is 1. The Hall–Kier alpha value is -3.06. The summed E-state index contributed by atoms with van der Waals surface area (Å²) in [7, 11) is 1.51. The number of halogens is 1. The van der Waals surface area contributed by atoms with Gasteiger partial charge in [-0.15, -0.1) is 0 Å². The van der Waals surface area contributed by atoms with Gasteiger partial charge in [0, 0.05) is 29.1 Å². The monoisotopic (exact) mass is 389 g/mol. The second-order valence-electron chi connectivity index (χ2n) is 5.73. The summed E-state index contributed by atoms with van der Waals surface area (Å²) in [5.41, 5.74) is 4.19. The highest BCUT2D eigenvalue weighted by molar-refractivity contribution is 6.30. The van der Waals surface area contributed by atoms with Crippen molar-refractivity contribution in [3.63, 3.8) is 0 Å². The van der Waals surface area contributed by atoms with Gasteiger partial charge in [0.2, 0.25) is 11.8 Å². The number of carbonyl (C=O) groups excluding carboxylic acids is 2. The average Bonchev–Trinajstić information content (AvgIpc) is 2.64. The minimum Gasteiger partial charge on any atom is -0.507 e. The van der Waals surface area contributed by atoms with Gasteiger partial charge in [0.1, 0.15) is 11.5 Å². The number of methoxy groups -OCH3 is 1. The number of anilines is 1. The molecule has 0 heterocycles. The first-order valence-corrected chi connectivity index (χ1v) is 8.51. The number of aromatic hydroxyl groups is 1. The number of rotatable bonds is 7. The molecule has 0 saturated heterocycles. The summed E-state index contributed by atoms with van der Waals surface area (Å²) < 4.78 is 5.05. The molecule has 3 N–H and O–H groups in total. The maximum absolute atomic E-state index is 12.0. The molecule has 2 rings (SSSR count). The van der Waals surface area contributed by atoms with Crippen molar-refractivity contribution >= 4 is 35.3 Å². The van der Waals surface area contributed by atoms with E-state index < -0.39 is 5.91 Å². The Balaban J connectivity index is 1.81. The fourth-order valence-corrected chi connectivity index (χ4v) is 2.43. The molecule has 0 saturated carbocycles. The van der Waals surface area contributed by atoms with E-state index in [9.17, 15) is 14.7 Å². The molecule has 0 radical (unpaired) electrons. The molecule has 0 aliphatic heterocycles. The number of hydrazone groups is 1. The van der Waals surface area contributed by atoms with Crippen LogP contribution >= 0.6 is 11.6 Å². The van der Waals surface area contributed by atoms with Crippen LogP contribution in [0, 0.1) is 6.92 Å². The third-order valence-electron chi connectivity index (χ3n) is 3.67. The largest absolute Gasteiger partial charge is 0.507 e. The van der Waals surface area contributed by atoms with Gasteiger partial charge < -0.3 is 15.2 Å². The molecule has 0 spiro atoms. The van der Waals surface area contributed by atoms with Gasteiger partial charge in [-0.05, 0) is 48.9 Å². The fraction of sp³-hybridized carbons (Fsp3) is 0.211. The maximum atomic E-state index is 12.0. The van der Waals surface area contributed by atoms with E-state index in [1.807, 2.05) is 6.92 Å². The zero-order valence-corrected chi connectivity index (χ0v) is 15.7. The van der Waals surface area contributed by atoms with Gasteiger partial charge in [0.25, 0.3) is 0 Å². The van der Waals surface area contributed by atoms with Crippen LogP contribution < -0.4 is 15.5 Å². The van der Waals surface area contributed by atoms with Gasteiger partial charge in [-0.3, -0.25) is 9.59 Å². The van der Waals surface area contributed by atoms with E-state index in [1.165, 1.54) is 19.4 Å². The number of benzene rings is 2. The normalized spacial score (nSPS) is 10.6. The molecule has 0 aliphatic rings. The van der Waals surface area contributed by atoms with Crippen molar-refractivity contribution < 1.29 is 19.4 Å². The Bertz CT molecular complexity index is 868. The van der Waals surface area contributed by atoms with Gasteiger partial charge in [0.15, 0.2) is 0 Å². The van der Waals surface area contributed by atoms with E-state index >= 15 is 0 Å². The number of hydrogen-bond donors (Lipinski definition) is 3. The Morgan fingerprint density at radius 1 is 1.19 bits per heavy atom. The minimum absolute atomic E-state index is 0.00603. The zero-order chi connectivity index (χ0) is 19.8. The van der Waals surface area contributed by atoms with Crippen molar-refractivity contribution in [2.75, 3.05) is 12.4 Å². The third-order valence-corrected chi connectivity index (χ3v) is 3.90. The topological polar surface area (TPSA) is 100 Å².